The van der Waals surface area contributed by atoms with Crippen LogP contribution in [0.3, 0.4) is 0 Å². The Morgan fingerprint density at radius 3 is 2.37 bits per heavy atom. The standard InChI is InChI=1S/C22H22O8/c1-4-27-18-9-14(5-7-16(18)23)6-8-21(24)30-17-11-20-19(10-15(17)22(25)26)28-12(2)13(3)29-20/h5-13,23H,4H2,1-3H3,(H,25,26)/b8-6+. The molecule has 3 rings (SSSR count). The van der Waals surface area contributed by atoms with Gasteiger partial charge in [-0.05, 0) is 44.5 Å². The molecule has 0 aromatic heterocycles. The second kappa shape index (κ2) is 8.77. The lowest BCUT2D eigenvalue weighted by atomic mass is 10.1. The van der Waals surface area contributed by atoms with Crippen molar-refractivity contribution in [2.75, 3.05) is 6.61 Å². The molecule has 2 atom stereocenters. The Morgan fingerprint density at radius 2 is 1.73 bits per heavy atom. The number of carbonyl (C=O) groups excluding carboxylic acids is 1. The van der Waals surface area contributed by atoms with Crippen LogP contribution in [0, 0.1) is 0 Å². The van der Waals surface area contributed by atoms with Crippen molar-refractivity contribution in [1.29, 1.82) is 0 Å². The fraction of sp³-hybridized carbons (Fsp3) is 0.273. The van der Waals surface area contributed by atoms with Crippen molar-refractivity contribution in [3.8, 4) is 28.7 Å². The van der Waals surface area contributed by atoms with Crippen molar-refractivity contribution in [2.24, 2.45) is 0 Å². The van der Waals surface area contributed by atoms with Gasteiger partial charge < -0.3 is 29.2 Å². The van der Waals surface area contributed by atoms with E-state index in [-0.39, 0.29) is 40.8 Å². The predicted molar refractivity (Wildman–Crippen MR) is 108 cm³/mol. The van der Waals surface area contributed by atoms with E-state index in [4.69, 9.17) is 18.9 Å². The van der Waals surface area contributed by atoms with E-state index in [1.54, 1.807) is 19.1 Å². The van der Waals surface area contributed by atoms with E-state index in [1.807, 2.05) is 13.8 Å². The van der Waals surface area contributed by atoms with Crippen LogP contribution in [0.4, 0.5) is 0 Å². The number of carboxylic acid groups (broad SMARTS) is 1. The maximum atomic E-state index is 12.3. The molecule has 0 amide bonds. The maximum absolute atomic E-state index is 12.3. The van der Waals surface area contributed by atoms with Crippen LogP contribution in [-0.2, 0) is 4.79 Å². The number of aromatic carboxylic acids is 1. The number of fused-ring (bicyclic) bond motifs is 1. The van der Waals surface area contributed by atoms with Crippen molar-refractivity contribution < 1.29 is 38.7 Å². The van der Waals surface area contributed by atoms with Gasteiger partial charge >= 0.3 is 11.9 Å². The molecule has 8 heteroatoms. The summed E-state index contributed by atoms with van der Waals surface area (Å²) in [6.45, 7) is 5.80. The molecule has 30 heavy (non-hydrogen) atoms. The van der Waals surface area contributed by atoms with E-state index in [2.05, 4.69) is 0 Å². The van der Waals surface area contributed by atoms with Crippen LogP contribution in [0.2, 0.25) is 0 Å². The molecular formula is C22H22O8. The first-order valence-corrected chi connectivity index (χ1v) is 9.38. The van der Waals surface area contributed by atoms with Crippen LogP contribution in [0.1, 0.15) is 36.7 Å². The number of rotatable bonds is 6. The highest BCUT2D eigenvalue weighted by atomic mass is 16.6. The lowest BCUT2D eigenvalue weighted by molar-refractivity contribution is -0.128. The zero-order valence-corrected chi connectivity index (χ0v) is 16.7. The Labute approximate surface area is 173 Å². The smallest absolute Gasteiger partial charge is 0.339 e. The molecule has 1 aliphatic rings. The van der Waals surface area contributed by atoms with Gasteiger partial charge in [0.15, 0.2) is 23.0 Å². The second-order valence-electron chi connectivity index (χ2n) is 6.66. The molecule has 2 aromatic carbocycles. The van der Waals surface area contributed by atoms with E-state index in [0.29, 0.717) is 17.9 Å². The first kappa shape index (κ1) is 21.0. The molecule has 8 nitrogen and oxygen atoms in total. The number of carbonyl (C=O) groups is 2. The van der Waals surface area contributed by atoms with Gasteiger partial charge in [-0.2, -0.15) is 0 Å². The summed E-state index contributed by atoms with van der Waals surface area (Å²) in [5.41, 5.74) is 0.376. The molecule has 0 bridgehead atoms. The summed E-state index contributed by atoms with van der Waals surface area (Å²) < 4.78 is 21.9. The number of phenolic OH excluding ortho intramolecular Hbond substituents is 1. The number of aromatic hydroxyl groups is 1. The normalized spacial score (nSPS) is 17.6. The van der Waals surface area contributed by atoms with Gasteiger partial charge in [-0.25, -0.2) is 9.59 Å². The lowest BCUT2D eigenvalue weighted by Gasteiger charge is -2.30. The van der Waals surface area contributed by atoms with Crippen molar-refractivity contribution in [2.45, 2.75) is 33.0 Å². The molecule has 2 aromatic rings. The van der Waals surface area contributed by atoms with Crippen LogP contribution < -0.4 is 18.9 Å². The number of hydrogen-bond donors (Lipinski definition) is 2. The molecule has 2 unspecified atom stereocenters. The topological polar surface area (TPSA) is 112 Å². The monoisotopic (exact) mass is 414 g/mol. The number of ether oxygens (including phenoxy) is 4. The summed E-state index contributed by atoms with van der Waals surface area (Å²) in [4.78, 5) is 23.9. The van der Waals surface area contributed by atoms with E-state index in [0.717, 1.165) is 6.08 Å². The van der Waals surface area contributed by atoms with Crippen LogP contribution in [-0.4, -0.2) is 41.0 Å². The predicted octanol–water partition coefficient (Wildman–Crippen LogP) is 3.66. The lowest BCUT2D eigenvalue weighted by Crippen LogP contribution is -2.35. The third-order valence-electron chi connectivity index (χ3n) is 4.47. The largest absolute Gasteiger partial charge is 0.504 e. The summed E-state index contributed by atoms with van der Waals surface area (Å²) in [6, 6.07) is 7.22. The highest BCUT2D eigenvalue weighted by molar-refractivity contribution is 5.95. The molecule has 1 aliphatic heterocycles. The number of carboxylic acids is 1. The first-order chi connectivity index (χ1) is 14.3. The van der Waals surface area contributed by atoms with Crippen LogP contribution >= 0.6 is 0 Å². The van der Waals surface area contributed by atoms with Gasteiger partial charge in [-0.15, -0.1) is 0 Å². The Bertz CT molecular complexity index is 995. The Hall–Kier alpha value is -3.68. The first-order valence-electron chi connectivity index (χ1n) is 9.38. The van der Waals surface area contributed by atoms with E-state index < -0.39 is 11.9 Å². The van der Waals surface area contributed by atoms with Gasteiger partial charge in [-0.1, -0.05) is 6.07 Å². The van der Waals surface area contributed by atoms with Crippen LogP contribution in [0.5, 0.6) is 28.7 Å². The summed E-state index contributed by atoms with van der Waals surface area (Å²) in [7, 11) is 0. The zero-order chi connectivity index (χ0) is 21.8. The minimum Gasteiger partial charge on any atom is -0.504 e. The third-order valence-corrected chi connectivity index (χ3v) is 4.47. The van der Waals surface area contributed by atoms with Gasteiger partial charge in [0.2, 0.25) is 0 Å². The number of esters is 1. The maximum Gasteiger partial charge on any atom is 0.339 e. The number of benzene rings is 2. The minimum absolute atomic E-state index is 0.0116. The molecule has 1 heterocycles. The SMILES string of the molecule is CCOc1cc(/C=C/C(=O)Oc2cc3c(cc2C(=O)O)OC(C)C(C)O3)ccc1O. The zero-order valence-electron chi connectivity index (χ0n) is 16.7. The van der Waals surface area contributed by atoms with E-state index in [9.17, 15) is 19.8 Å². The van der Waals surface area contributed by atoms with Gasteiger partial charge in [0.05, 0.1) is 6.61 Å². The molecular weight excluding hydrogens is 392 g/mol. The molecule has 0 saturated carbocycles. The van der Waals surface area contributed by atoms with Crippen LogP contribution in [0.15, 0.2) is 36.4 Å². The Morgan fingerprint density at radius 1 is 1.07 bits per heavy atom. The highest BCUT2D eigenvalue weighted by Crippen LogP contribution is 2.39. The molecule has 0 aliphatic carbocycles. The fourth-order valence-corrected chi connectivity index (χ4v) is 2.78. The molecule has 0 spiro atoms. The fourth-order valence-electron chi connectivity index (χ4n) is 2.78. The quantitative estimate of drug-likeness (QED) is 0.419. The molecule has 2 N–H and O–H groups in total. The molecule has 0 saturated heterocycles. The summed E-state index contributed by atoms with van der Waals surface area (Å²) in [6.07, 6.45) is 2.12. The number of phenols is 1. The number of hydrogen-bond acceptors (Lipinski definition) is 7. The van der Waals surface area contributed by atoms with Gasteiger partial charge in [0, 0.05) is 18.2 Å². The van der Waals surface area contributed by atoms with Gasteiger partial charge in [-0.3, -0.25) is 0 Å². The van der Waals surface area contributed by atoms with E-state index in [1.165, 1.54) is 24.3 Å². The molecule has 158 valence electrons. The van der Waals surface area contributed by atoms with E-state index >= 15 is 0 Å². The van der Waals surface area contributed by atoms with Crippen molar-refractivity contribution in [3.63, 3.8) is 0 Å². The summed E-state index contributed by atoms with van der Waals surface area (Å²) >= 11 is 0. The minimum atomic E-state index is -1.26. The van der Waals surface area contributed by atoms with Crippen molar-refractivity contribution in [1.82, 2.24) is 0 Å². The van der Waals surface area contributed by atoms with Crippen molar-refractivity contribution >= 4 is 18.0 Å². The van der Waals surface area contributed by atoms with Gasteiger partial charge in [0.25, 0.3) is 0 Å². The summed E-state index contributed by atoms with van der Waals surface area (Å²) in [5, 5.41) is 19.2. The molecule has 0 fully saturated rings. The average molecular weight is 414 g/mol. The van der Waals surface area contributed by atoms with Crippen molar-refractivity contribution in [3.05, 3.63) is 47.5 Å². The van der Waals surface area contributed by atoms with Gasteiger partial charge in [0.1, 0.15) is 23.5 Å². The van der Waals surface area contributed by atoms with Crippen LogP contribution in [0.25, 0.3) is 6.08 Å². The molecule has 0 radical (unpaired) electrons. The Balaban J connectivity index is 1.81. The Kier molecular flexibility index (Phi) is 6.15. The third kappa shape index (κ3) is 4.65. The highest BCUT2D eigenvalue weighted by Gasteiger charge is 2.28. The second-order valence-corrected chi connectivity index (χ2v) is 6.66. The summed E-state index contributed by atoms with van der Waals surface area (Å²) in [5.74, 6) is -1.33. The average Bonchev–Trinajstić information content (AvgIpc) is 2.69.